The summed E-state index contributed by atoms with van der Waals surface area (Å²) in [5.74, 6) is -0.998. The first-order valence-electron chi connectivity index (χ1n) is 33.7. The van der Waals surface area contributed by atoms with Crippen LogP contribution in [-0.4, -0.2) is 37.2 Å². The Morgan fingerprint density at radius 2 is 0.519 bits per heavy atom. The van der Waals surface area contributed by atoms with Crippen LogP contribution in [0, 0.1) is 0 Å². The number of ether oxygens (including phenoxy) is 3. The van der Waals surface area contributed by atoms with Gasteiger partial charge in [-0.1, -0.05) is 304 Å². The highest BCUT2D eigenvalue weighted by Crippen LogP contribution is 2.17. The zero-order chi connectivity index (χ0) is 57.1. The van der Waals surface area contributed by atoms with E-state index in [1.165, 1.54) is 180 Å². The summed E-state index contributed by atoms with van der Waals surface area (Å²) in [6, 6.07) is 0. The van der Waals surface area contributed by atoms with Gasteiger partial charge in [-0.25, -0.2) is 0 Å². The normalized spacial score (nSPS) is 12.7. The van der Waals surface area contributed by atoms with E-state index in [1.54, 1.807) is 0 Å². The van der Waals surface area contributed by atoms with Crippen molar-refractivity contribution in [1.29, 1.82) is 0 Å². The highest BCUT2D eigenvalue weighted by Gasteiger charge is 2.19. The fourth-order valence-corrected chi connectivity index (χ4v) is 9.59. The van der Waals surface area contributed by atoms with E-state index in [2.05, 4.69) is 112 Å². The second kappa shape index (κ2) is 66.8. The average Bonchev–Trinajstić information content (AvgIpc) is 3.45. The quantitative estimate of drug-likeness (QED) is 0.0261. The summed E-state index contributed by atoms with van der Waals surface area (Å²) in [5.41, 5.74) is 0. The van der Waals surface area contributed by atoms with Gasteiger partial charge in [0.05, 0.1) is 0 Å². The Morgan fingerprint density at radius 1 is 0.266 bits per heavy atom. The van der Waals surface area contributed by atoms with E-state index in [9.17, 15) is 14.4 Å². The molecule has 0 aromatic rings. The third-order valence-electron chi connectivity index (χ3n) is 14.6. The minimum Gasteiger partial charge on any atom is -0.462 e. The van der Waals surface area contributed by atoms with Crippen molar-refractivity contribution in [3.63, 3.8) is 0 Å². The first kappa shape index (κ1) is 75.3. The minimum absolute atomic E-state index is 0.105. The van der Waals surface area contributed by atoms with Gasteiger partial charge in [0, 0.05) is 19.3 Å². The molecule has 0 spiro atoms. The van der Waals surface area contributed by atoms with Gasteiger partial charge in [-0.15, -0.1) is 0 Å². The predicted molar refractivity (Wildman–Crippen MR) is 344 cm³/mol. The molecule has 6 heteroatoms. The Bertz CT molecular complexity index is 1540. The van der Waals surface area contributed by atoms with Gasteiger partial charge in [-0.05, 0) is 103 Å². The van der Waals surface area contributed by atoms with Gasteiger partial charge in [-0.2, -0.15) is 0 Å². The molecule has 1 unspecified atom stereocenters. The standard InChI is InChI=1S/C73H126O6/c1-4-7-10-13-16-19-22-25-27-28-29-30-31-32-33-34-35-36-37-38-39-40-41-42-43-44-46-48-51-54-57-60-63-66-72(75)78-69-70(68-77-71(74)65-62-59-56-53-50-47-24-21-18-15-12-9-6-3)79-73(76)67-64-61-58-55-52-49-45-26-23-20-17-14-11-8-5-2/h8-9,11-12,17-18,20-21,26,28-29,45,47,50,56,59,70H,4-7,10,13-16,19,22-25,27,30-44,46,48-49,51-55,57-58,60-69H2,1-3H3/b11-8-,12-9-,20-17-,21-18-,29-28-,45-26-,50-47-,59-56-. The molecule has 0 aromatic heterocycles. The summed E-state index contributed by atoms with van der Waals surface area (Å²) >= 11 is 0. The van der Waals surface area contributed by atoms with Crippen LogP contribution in [0.2, 0.25) is 0 Å². The fraction of sp³-hybridized carbons (Fsp3) is 0.740. The van der Waals surface area contributed by atoms with Crippen LogP contribution < -0.4 is 0 Å². The Labute approximate surface area is 489 Å². The van der Waals surface area contributed by atoms with Crippen LogP contribution in [0.3, 0.4) is 0 Å². The van der Waals surface area contributed by atoms with Crippen LogP contribution in [0.4, 0.5) is 0 Å². The third-order valence-corrected chi connectivity index (χ3v) is 14.6. The van der Waals surface area contributed by atoms with Crippen molar-refractivity contribution >= 4 is 17.9 Å². The van der Waals surface area contributed by atoms with Crippen molar-refractivity contribution in [2.75, 3.05) is 13.2 Å². The Balaban J connectivity index is 4.15. The Morgan fingerprint density at radius 3 is 0.861 bits per heavy atom. The van der Waals surface area contributed by atoms with Crippen molar-refractivity contribution in [3.8, 4) is 0 Å². The van der Waals surface area contributed by atoms with Gasteiger partial charge in [0.2, 0.25) is 0 Å². The van der Waals surface area contributed by atoms with Gasteiger partial charge in [0.15, 0.2) is 6.10 Å². The maximum Gasteiger partial charge on any atom is 0.306 e. The number of carbonyl (C=O) groups excluding carboxylic acids is 3. The number of rotatable bonds is 61. The topological polar surface area (TPSA) is 78.9 Å². The molecule has 79 heavy (non-hydrogen) atoms. The van der Waals surface area contributed by atoms with Crippen molar-refractivity contribution in [1.82, 2.24) is 0 Å². The largest absolute Gasteiger partial charge is 0.462 e. The van der Waals surface area contributed by atoms with Gasteiger partial charge >= 0.3 is 17.9 Å². The SMILES string of the molecule is CC/C=C\C/C=C\C/C=C\C/C=C\CCC(=O)OCC(COC(=O)CCCCCCCCCCCCCCCCCCCCCCC/C=C\CCCCCCCCCC)OC(=O)CCCCCCC/C=C\C/C=C\C/C=C\CC. The van der Waals surface area contributed by atoms with Crippen molar-refractivity contribution in [2.45, 2.75) is 335 Å². The lowest BCUT2D eigenvalue weighted by atomic mass is 10.0. The number of carbonyl (C=O) groups is 3. The lowest BCUT2D eigenvalue weighted by Crippen LogP contribution is -2.30. The zero-order valence-corrected chi connectivity index (χ0v) is 52.1. The molecule has 0 saturated carbocycles. The van der Waals surface area contributed by atoms with Gasteiger partial charge in [0.1, 0.15) is 13.2 Å². The van der Waals surface area contributed by atoms with Crippen LogP contribution in [0.25, 0.3) is 0 Å². The Kier molecular flexibility index (Phi) is 63.7. The molecule has 0 aliphatic carbocycles. The molecule has 0 saturated heterocycles. The number of hydrogen-bond acceptors (Lipinski definition) is 6. The number of unbranched alkanes of at least 4 members (excludes halogenated alkanes) is 34. The minimum atomic E-state index is -0.816. The van der Waals surface area contributed by atoms with E-state index < -0.39 is 6.10 Å². The summed E-state index contributed by atoms with van der Waals surface area (Å²) in [4.78, 5) is 38.2. The first-order chi connectivity index (χ1) is 39.0. The predicted octanol–water partition coefficient (Wildman–Crippen LogP) is 23.2. The second-order valence-corrected chi connectivity index (χ2v) is 22.3. The lowest BCUT2D eigenvalue weighted by Gasteiger charge is -2.18. The van der Waals surface area contributed by atoms with Crippen molar-refractivity contribution in [2.24, 2.45) is 0 Å². The van der Waals surface area contributed by atoms with Crippen LogP contribution in [0.1, 0.15) is 329 Å². The number of esters is 3. The fourth-order valence-electron chi connectivity index (χ4n) is 9.59. The molecule has 0 rings (SSSR count). The summed E-state index contributed by atoms with van der Waals surface area (Å²) in [6.07, 6.45) is 90.4. The molecule has 0 amide bonds. The van der Waals surface area contributed by atoms with Gasteiger partial charge in [0.25, 0.3) is 0 Å². The van der Waals surface area contributed by atoms with E-state index in [4.69, 9.17) is 14.2 Å². The molecular weight excluding hydrogens is 973 g/mol. The van der Waals surface area contributed by atoms with E-state index in [1.807, 2.05) is 6.08 Å². The molecule has 1 atom stereocenters. The van der Waals surface area contributed by atoms with Crippen molar-refractivity contribution in [3.05, 3.63) is 97.2 Å². The maximum absolute atomic E-state index is 12.9. The Hall–Kier alpha value is -3.67. The molecule has 0 fully saturated rings. The molecule has 0 bridgehead atoms. The van der Waals surface area contributed by atoms with Crippen LogP contribution in [0.5, 0.6) is 0 Å². The lowest BCUT2D eigenvalue weighted by molar-refractivity contribution is -0.166. The third kappa shape index (κ3) is 65.0. The van der Waals surface area contributed by atoms with Gasteiger partial charge < -0.3 is 14.2 Å². The molecule has 0 aliphatic heterocycles. The van der Waals surface area contributed by atoms with E-state index in [-0.39, 0.29) is 37.5 Å². The summed E-state index contributed by atoms with van der Waals surface area (Å²) in [5, 5.41) is 0. The molecule has 0 aliphatic rings. The summed E-state index contributed by atoms with van der Waals surface area (Å²) in [6.45, 7) is 6.36. The first-order valence-corrected chi connectivity index (χ1v) is 33.7. The molecule has 454 valence electrons. The monoisotopic (exact) mass is 1100 g/mol. The van der Waals surface area contributed by atoms with Crippen LogP contribution in [-0.2, 0) is 28.6 Å². The number of hydrogen-bond donors (Lipinski definition) is 0. The van der Waals surface area contributed by atoms with E-state index in [0.717, 1.165) is 103 Å². The van der Waals surface area contributed by atoms with Gasteiger partial charge in [-0.3, -0.25) is 14.4 Å². The van der Waals surface area contributed by atoms with E-state index >= 15 is 0 Å². The molecule has 6 nitrogen and oxygen atoms in total. The smallest absolute Gasteiger partial charge is 0.306 e. The van der Waals surface area contributed by atoms with E-state index in [0.29, 0.717) is 19.3 Å². The van der Waals surface area contributed by atoms with Crippen LogP contribution in [0.15, 0.2) is 97.2 Å². The molecule has 0 heterocycles. The molecule has 0 aromatic carbocycles. The van der Waals surface area contributed by atoms with Crippen LogP contribution >= 0.6 is 0 Å². The molecular formula is C73H126O6. The second-order valence-electron chi connectivity index (χ2n) is 22.3. The average molecular weight is 1100 g/mol. The summed E-state index contributed by atoms with van der Waals surface area (Å²) < 4.78 is 16.8. The zero-order valence-electron chi connectivity index (χ0n) is 52.1. The molecule has 0 radical (unpaired) electrons. The highest BCUT2D eigenvalue weighted by molar-refractivity contribution is 5.71. The molecule has 0 N–H and O–H groups in total. The maximum atomic E-state index is 12.9. The summed E-state index contributed by atoms with van der Waals surface area (Å²) in [7, 11) is 0. The highest BCUT2D eigenvalue weighted by atomic mass is 16.6. The number of allylic oxidation sites excluding steroid dienone is 16. The van der Waals surface area contributed by atoms with Crippen molar-refractivity contribution < 1.29 is 28.6 Å².